The second kappa shape index (κ2) is 8.82. The quantitative estimate of drug-likeness (QED) is 0.660. The summed E-state index contributed by atoms with van der Waals surface area (Å²) in [6.07, 6.45) is -0.00112. The molecule has 0 radical (unpaired) electrons. The first-order valence-corrected chi connectivity index (χ1v) is 10.00. The Hall–Kier alpha value is -3.60. The van der Waals surface area contributed by atoms with Gasteiger partial charge in [-0.2, -0.15) is 0 Å². The Morgan fingerprint density at radius 1 is 0.867 bits per heavy atom. The van der Waals surface area contributed by atoms with E-state index in [0.29, 0.717) is 6.42 Å². The van der Waals surface area contributed by atoms with E-state index < -0.39 is 18.1 Å². The van der Waals surface area contributed by atoms with Crippen LogP contribution in [0, 0.1) is 0 Å². The lowest BCUT2D eigenvalue weighted by molar-refractivity contribution is -0.308. The zero-order valence-corrected chi connectivity index (χ0v) is 16.4. The molecule has 1 aliphatic rings. The molecule has 1 aliphatic carbocycles. The van der Waals surface area contributed by atoms with E-state index in [1.54, 1.807) is 0 Å². The summed E-state index contributed by atoms with van der Waals surface area (Å²) in [5.41, 5.74) is 5.48. The molecule has 0 saturated carbocycles. The van der Waals surface area contributed by atoms with Gasteiger partial charge in [0, 0.05) is 5.92 Å². The Morgan fingerprint density at radius 3 is 2.03 bits per heavy atom. The van der Waals surface area contributed by atoms with Gasteiger partial charge in [0.05, 0.1) is 12.0 Å². The monoisotopic (exact) mass is 400 g/mol. The summed E-state index contributed by atoms with van der Waals surface area (Å²) in [5, 5.41) is 13.9. The molecule has 4 rings (SSSR count). The predicted molar refractivity (Wildman–Crippen MR) is 112 cm³/mol. The minimum atomic E-state index is -1.32. The van der Waals surface area contributed by atoms with Crippen molar-refractivity contribution in [3.63, 3.8) is 0 Å². The van der Waals surface area contributed by atoms with Gasteiger partial charge in [0.2, 0.25) is 0 Å². The molecule has 0 unspecified atom stereocenters. The number of carbonyl (C=O) groups is 2. The van der Waals surface area contributed by atoms with Crippen molar-refractivity contribution in [1.82, 2.24) is 5.32 Å². The van der Waals surface area contributed by atoms with E-state index in [1.165, 1.54) is 0 Å². The van der Waals surface area contributed by atoms with Gasteiger partial charge < -0.3 is 20.0 Å². The fraction of sp³-hybridized carbons (Fsp3) is 0.200. The number of hydrogen-bond donors (Lipinski definition) is 1. The van der Waals surface area contributed by atoms with Crippen LogP contribution in [0.15, 0.2) is 78.9 Å². The zero-order chi connectivity index (χ0) is 20.9. The summed E-state index contributed by atoms with van der Waals surface area (Å²) in [4.78, 5) is 23.8. The van der Waals surface area contributed by atoms with Crippen LogP contribution in [0.5, 0.6) is 0 Å². The van der Waals surface area contributed by atoms with Gasteiger partial charge in [0.1, 0.15) is 6.61 Å². The number of fused-ring (bicyclic) bond motifs is 3. The standard InChI is InChI=1S/C25H23NO4/c27-24(28)23(15-14-17-8-2-1-3-9-17)26-25(29)30-16-22-20-12-6-4-10-18(20)19-11-5-7-13-21(19)22/h1-13,22-23H,14-16H2,(H,26,29)(H,27,28)/p-1/t23-/m0/s1. The average molecular weight is 400 g/mol. The van der Waals surface area contributed by atoms with Crippen LogP contribution in [0.3, 0.4) is 0 Å². The van der Waals surface area contributed by atoms with Crippen LogP contribution in [0.25, 0.3) is 11.1 Å². The lowest BCUT2D eigenvalue weighted by Crippen LogP contribution is -2.48. The molecule has 0 saturated heterocycles. The first-order valence-electron chi connectivity index (χ1n) is 10.00. The predicted octanol–water partition coefficient (Wildman–Crippen LogP) is 3.28. The third-order valence-electron chi connectivity index (χ3n) is 5.48. The highest BCUT2D eigenvalue weighted by Gasteiger charge is 2.29. The highest BCUT2D eigenvalue weighted by atomic mass is 16.5. The normalized spacial score (nSPS) is 13.2. The molecule has 0 aliphatic heterocycles. The van der Waals surface area contributed by atoms with E-state index in [0.717, 1.165) is 27.8 Å². The third kappa shape index (κ3) is 4.20. The van der Waals surface area contributed by atoms with E-state index in [1.807, 2.05) is 66.7 Å². The first-order chi connectivity index (χ1) is 14.6. The molecule has 30 heavy (non-hydrogen) atoms. The minimum Gasteiger partial charge on any atom is -0.548 e. The SMILES string of the molecule is O=C(N[C@@H](CCc1ccccc1)C(=O)[O-])OCC1c2ccccc2-c2ccccc21. The van der Waals surface area contributed by atoms with Crippen LogP contribution in [-0.4, -0.2) is 24.7 Å². The summed E-state index contributed by atoms with van der Waals surface area (Å²) in [5.74, 6) is -1.40. The molecule has 0 spiro atoms. The summed E-state index contributed by atoms with van der Waals surface area (Å²) >= 11 is 0. The Morgan fingerprint density at radius 2 is 1.43 bits per heavy atom. The Bertz CT molecular complexity index is 1000. The van der Waals surface area contributed by atoms with Crippen LogP contribution in [-0.2, 0) is 16.0 Å². The minimum absolute atomic E-state index is 0.0751. The van der Waals surface area contributed by atoms with Crippen molar-refractivity contribution in [3.8, 4) is 11.1 Å². The van der Waals surface area contributed by atoms with Crippen LogP contribution >= 0.6 is 0 Å². The highest BCUT2D eigenvalue weighted by Crippen LogP contribution is 2.44. The maximum absolute atomic E-state index is 12.3. The Kier molecular flexibility index (Phi) is 5.80. The Labute approximate surface area is 175 Å². The molecule has 152 valence electrons. The summed E-state index contributed by atoms with van der Waals surface area (Å²) in [6.45, 7) is 0.137. The van der Waals surface area contributed by atoms with Gasteiger partial charge in [0.25, 0.3) is 0 Å². The number of hydrogen-bond acceptors (Lipinski definition) is 4. The van der Waals surface area contributed by atoms with Crippen LogP contribution in [0.4, 0.5) is 4.79 Å². The topological polar surface area (TPSA) is 78.5 Å². The molecular formula is C25H22NO4-. The van der Waals surface area contributed by atoms with Crippen molar-refractivity contribution in [2.24, 2.45) is 0 Å². The van der Waals surface area contributed by atoms with E-state index in [4.69, 9.17) is 4.74 Å². The van der Waals surface area contributed by atoms with Crippen LogP contribution < -0.4 is 10.4 Å². The maximum Gasteiger partial charge on any atom is 0.407 e. The number of carboxylic acids is 1. The molecule has 0 bridgehead atoms. The van der Waals surface area contributed by atoms with Gasteiger partial charge in [-0.3, -0.25) is 0 Å². The molecule has 1 amide bonds. The average Bonchev–Trinajstić information content (AvgIpc) is 3.09. The molecule has 3 aromatic rings. The number of nitrogens with one attached hydrogen (secondary N) is 1. The molecule has 0 aromatic heterocycles. The number of rotatable bonds is 7. The van der Waals surface area contributed by atoms with Gasteiger partial charge in [-0.15, -0.1) is 0 Å². The molecule has 0 fully saturated rings. The number of amides is 1. The van der Waals surface area contributed by atoms with Crippen molar-refractivity contribution in [3.05, 3.63) is 95.6 Å². The summed E-state index contributed by atoms with van der Waals surface area (Å²) in [7, 11) is 0. The van der Waals surface area contributed by atoms with Gasteiger partial charge in [-0.1, -0.05) is 78.9 Å². The fourth-order valence-electron chi connectivity index (χ4n) is 3.99. The van der Waals surface area contributed by atoms with Crippen LogP contribution in [0.1, 0.15) is 29.0 Å². The number of alkyl carbamates (subject to hydrolysis) is 1. The summed E-state index contributed by atoms with van der Waals surface area (Å²) < 4.78 is 5.43. The maximum atomic E-state index is 12.3. The van der Waals surface area contributed by atoms with E-state index in [-0.39, 0.29) is 18.9 Å². The van der Waals surface area contributed by atoms with Gasteiger partial charge in [0.15, 0.2) is 0 Å². The number of aryl methyl sites for hydroxylation is 1. The lowest BCUT2D eigenvalue weighted by Gasteiger charge is -2.20. The molecule has 1 atom stereocenters. The number of carboxylic acid groups (broad SMARTS) is 1. The fourth-order valence-corrected chi connectivity index (χ4v) is 3.99. The second-order valence-corrected chi connectivity index (χ2v) is 7.37. The second-order valence-electron chi connectivity index (χ2n) is 7.37. The molecule has 5 heteroatoms. The van der Waals surface area contributed by atoms with Gasteiger partial charge >= 0.3 is 6.09 Å². The number of aliphatic carboxylic acids is 1. The van der Waals surface area contributed by atoms with Crippen molar-refractivity contribution in [2.45, 2.75) is 24.8 Å². The van der Waals surface area contributed by atoms with E-state index in [9.17, 15) is 14.7 Å². The van der Waals surface area contributed by atoms with E-state index in [2.05, 4.69) is 17.4 Å². The number of benzene rings is 3. The van der Waals surface area contributed by atoms with Crippen molar-refractivity contribution < 1.29 is 19.4 Å². The van der Waals surface area contributed by atoms with E-state index >= 15 is 0 Å². The zero-order valence-electron chi connectivity index (χ0n) is 16.4. The third-order valence-corrected chi connectivity index (χ3v) is 5.48. The number of carbonyl (C=O) groups excluding carboxylic acids is 2. The van der Waals surface area contributed by atoms with Gasteiger partial charge in [-0.05, 0) is 40.7 Å². The molecule has 0 heterocycles. The smallest absolute Gasteiger partial charge is 0.407 e. The highest BCUT2D eigenvalue weighted by molar-refractivity contribution is 5.80. The van der Waals surface area contributed by atoms with Crippen LogP contribution in [0.2, 0.25) is 0 Å². The molecular weight excluding hydrogens is 378 g/mol. The van der Waals surface area contributed by atoms with Crippen molar-refractivity contribution >= 4 is 12.1 Å². The largest absolute Gasteiger partial charge is 0.548 e. The molecule has 3 aromatic carbocycles. The van der Waals surface area contributed by atoms with Gasteiger partial charge in [-0.25, -0.2) is 4.79 Å². The number of ether oxygens (including phenoxy) is 1. The summed E-state index contributed by atoms with van der Waals surface area (Å²) in [6, 6.07) is 24.5. The Balaban J connectivity index is 1.38. The van der Waals surface area contributed by atoms with Crippen molar-refractivity contribution in [2.75, 3.05) is 6.61 Å². The molecule has 5 nitrogen and oxygen atoms in total. The van der Waals surface area contributed by atoms with Crippen molar-refractivity contribution in [1.29, 1.82) is 0 Å². The molecule has 1 N–H and O–H groups in total. The first kappa shape index (κ1) is 19.7. The lowest BCUT2D eigenvalue weighted by atomic mass is 9.98.